The molecule has 1 aliphatic carbocycles. The maximum Gasteiger partial charge on any atom is 0.272 e. The zero-order chi connectivity index (χ0) is 12.3. The number of halogens is 1. The molecule has 0 amide bonds. The van der Waals surface area contributed by atoms with E-state index in [0.29, 0.717) is 12.1 Å². The van der Waals surface area contributed by atoms with Crippen molar-refractivity contribution in [2.75, 3.05) is 6.54 Å². The molecule has 0 bridgehead atoms. The average molecular weight is 238 g/mol. The monoisotopic (exact) mass is 238 g/mol. The number of nitrogens with zero attached hydrogens (tertiary/aromatic N) is 1. The molecule has 0 unspecified atom stereocenters. The normalized spacial score (nSPS) is 15.6. The molecule has 0 saturated heterocycles. The second-order valence-electron chi connectivity index (χ2n) is 4.50. The van der Waals surface area contributed by atoms with E-state index in [1.165, 1.54) is 31.4 Å². The average Bonchev–Trinajstić information content (AvgIpc) is 2.21. The van der Waals surface area contributed by atoms with Crippen molar-refractivity contribution in [2.45, 2.75) is 25.8 Å². The number of rotatable bonds is 5. The van der Waals surface area contributed by atoms with Gasteiger partial charge in [-0.3, -0.25) is 10.1 Å². The van der Waals surface area contributed by atoms with Gasteiger partial charge < -0.3 is 5.32 Å². The standard InChI is InChI=1S/C12H15FN2O2/c13-11-4-10(5-12(6-11)15(16)17)8-14-7-9-2-1-3-9/h4-6,9,14H,1-3,7-8H2. The Hall–Kier alpha value is -1.49. The molecule has 1 aromatic rings. The lowest BCUT2D eigenvalue weighted by Gasteiger charge is -2.25. The summed E-state index contributed by atoms with van der Waals surface area (Å²) < 4.78 is 13.1. The van der Waals surface area contributed by atoms with Crippen LogP contribution in [0.5, 0.6) is 0 Å². The molecule has 1 fully saturated rings. The topological polar surface area (TPSA) is 55.2 Å². The van der Waals surface area contributed by atoms with E-state index in [-0.39, 0.29) is 5.69 Å². The summed E-state index contributed by atoms with van der Waals surface area (Å²) in [6.07, 6.45) is 3.78. The van der Waals surface area contributed by atoms with Gasteiger partial charge in [-0.05, 0) is 36.9 Å². The van der Waals surface area contributed by atoms with Crippen LogP contribution < -0.4 is 5.32 Å². The highest BCUT2D eigenvalue weighted by Gasteiger charge is 2.16. The third-order valence-corrected chi connectivity index (χ3v) is 3.14. The summed E-state index contributed by atoms with van der Waals surface area (Å²) in [6.45, 7) is 1.39. The number of nitrogens with one attached hydrogen (secondary N) is 1. The number of benzene rings is 1. The fourth-order valence-corrected chi connectivity index (χ4v) is 1.96. The lowest BCUT2D eigenvalue weighted by molar-refractivity contribution is -0.385. The molecule has 5 heteroatoms. The first-order valence-corrected chi connectivity index (χ1v) is 5.80. The first-order valence-electron chi connectivity index (χ1n) is 5.80. The van der Waals surface area contributed by atoms with Gasteiger partial charge in [0.25, 0.3) is 5.69 Å². The number of hydrogen-bond donors (Lipinski definition) is 1. The van der Waals surface area contributed by atoms with Crippen LogP contribution in [0.25, 0.3) is 0 Å². The third kappa shape index (κ3) is 3.23. The molecule has 1 aromatic carbocycles. The third-order valence-electron chi connectivity index (χ3n) is 3.14. The Morgan fingerprint density at radius 1 is 1.41 bits per heavy atom. The first-order chi connectivity index (χ1) is 8.15. The van der Waals surface area contributed by atoms with Crippen LogP contribution in [0.1, 0.15) is 24.8 Å². The summed E-state index contributed by atoms with van der Waals surface area (Å²) in [5.74, 6) is 0.165. The van der Waals surface area contributed by atoms with Crippen LogP contribution in [0.2, 0.25) is 0 Å². The van der Waals surface area contributed by atoms with Crippen LogP contribution in [-0.4, -0.2) is 11.5 Å². The van der Waals surface area contributed by atoms with E-state index >= 15 is 0 Å². The van der Waals surface area contributed by atoms with Crippen LogP contribution in [0.3, 0.4) is 0 Å². The van der Waals surface area contributed by atoms with Crippen molar-refractivity contribution in [1.82, 2.24) is 5.32 Å². The Labute approximate surface area is 99.0 Å². The molecule has 4 nitrogen and oxygen atoms in total. The molecule has 17 heavy (non-hydrogen) atoms. The fraction of sp³-hybridized carbons (Fsp3) is 0.500. The van der Waals surface area contributed by atoms with Crippen LogP contribution in [0, 0.1) is 21.8 Å². The van der Waals surface area contributed by atoms with Gasteiger partial charge in [0.05, 0.1) is 11.0 Å². The highest BCUT2D eigenvalue weighted by Crippen LogP contribution is 2.25. The van der Waals surface area contributed by atoms with Crippen molar-refractivity contribution in [3.8, 4) is 0 Å². The van der Waals surface area contributed by atoms with Gasteiger partial charge in [-0.25, -0.2) is 4.39 Å². The fourth-order valence-electron chi connectivity index (χ4n) is 1.96. The summed E-state index contributed by atoms with van der Waals surface area (Å²) in [4.78, 5) is 9.99. The van der Waals surface area contributed by atoms with Crippen molar-refractivity contribution in [3.63, 3.8) is 0 Å². The minimum absolute atomic E-state index is 0.189. The Kier molecular flexibility index (Phi) is 3.68. The zero-order valence-corrected chi connectivity index (χ0v) is 9.49. The van der Waals surface area contributed by atoms with E-state index in [2.05, 4.69) is 5.32 Å². The van der Waals surface area contributed by atoms with E-state index in [1.54, 1.807) is 0 Å². The summed E-state index contributed by atoms with van der Waals surface area (Å²) in [6, 6.07) is 3.69. The molecule has 92 valence electrons. The Balaban J connectivity index is 1.92. The minimum atomic E-state index is -0.571. The molecule has 0 heterocycles. The van der Waals surface area contributed by atoms with Gasteiger partial charge in [-0.15, -0.1) is 0 Å². The second-order valence-corrected chi connectivity index (χ2v) is 4.50. The van der Waals surface area contributed by atoms with Crippen LogP contribution in [-0.2, 0) is 6.54 Å². The Bertz CT molecular complexity index is 419. The van der Waals surface area contributed by atoms with Gasteiger partial charge in [0.15, 0.2) is 0 Å². The second kappa shape index (κ2) is 5.23. The van der Waals surface area contributed by atoms with E-state index < -0.39 is 10.7 Å². The van der Waals surface area contributed by atoms with Gasteiger partial charge in [0, 0.05) is 12.6 Å². The molecule has 0 aromatic heterocycles. The van der Waals surface area contributed by atoms with Crippen molar-refractivity contribution in [1.29, 1.82) is 0 Å². The van der Waals surface area contributed by atoms with Gasteiger partial charge in [-0.1, -0.05) is 6.42 Å². The quantitative estimate of drug-likeness (QED) is 0.633. The van der Waals surface area contributed by atoms with Crippen LogP contribution >= 0.6 is 0 Å². The van der Waals surface area contributed by atoms with Crippen molar-refractivity contribution in [2.24, 2.45) is 5.92 Å². The number of nitro benzene ring substituents is 1. The number of non-ortho nitro benzene ring substituents is 1. The highest BCUT2D eigenvalue weighted by atomic mass is 19.1. The smallest absolute Gasteiger partial charge is 0.272 e. The Morgan fingerprint density at radius 3 is 2.76 bits per heavy atom. The predicted octanol–water partition coefficient (Wildman–Crippen LogP) is 2.62. The maximum absolute atomic E-state index is 13.1. The SMILES string of the molecule is O=[N+]([O-])c1cc(F)cc(CNCC2CCC2)c1. The van der Waals surface area contributed by atoms with Gasteiger partial charge in [0.1, 0.15) is 5.82 Å². The van der Waals surface area contributed by atoms with Gasteiger partial charge in [-0.2, -0.15) is 0 Å². The van der Waals surface area contributed by atoms with Gasteiger partial charge in [0.2, 0.25) is 0 Å². The largest absolute Gasteiger partial charge is 0.312 e. The van der Waals surface area contributed by atoms with E-state index in [1.807, 2.05) is 0 Å². The summed E-state index contributed by atoms with van der Waals surface area (Å²) in [5, 5.41) is 13.8. The summed E-state index contributed by atoms with van der Waals surface area (Å²) in [5.41, 5.74) is 0.432. The molecular weight excluding hydrogens is 223 g/mol. The maximum atomic E-state index is 13.1. The molecular formula is C12H15FN2O2. The number of hydrogen-bond acceptors (Lipinski definition) is 3. The van der Waals surface area contributed by atoms with E-state index in [4.69, 9.17) is 0 Å². The van der Waals surface area contributed by atoms with Crippen LogP contribution in [0.15, 0.2) is 18.2 Å². The zero-order valence-electron chi connectivity index (χ0n) is 9.49. The lowest BCUT2D eigenvalue weighted by Crippen LogP contribution is -2.26. The predicted molar refractivity (Wildman–Crippen MR) is 62.1 cm³/mol. The molecule has 1 N–H and O–H groups in total. The highest BCUT2D eigenvalue weighted by molar-refractivity contribution is 5.35. The molecule has 0 spiro atoms. The summed E-state index contributed by atoms with van der Waals surface area (Å²) >= 11 is 0. The number of nitro groups is 1. The van der Waals surface area contributed by atoms with E-state index in [9.17, 15) is 14.5 Å². The minimum Gasteiger partial charge on any atom is -0.312 e. The Morgan fingerprint density at radius 2 is 2.18 bits per heavy atom. The van der Waals surface area contributed by atoms with Gasteiger partial charge >= 0.3 is 0 Å². The van der Waals surface area contributed by atoms with Crippen molar-refractivity contribution in [3.05, 3.63) is 39.7 Å². The van der Waals surface area contributed by atoms with Crippen molar-refractivity contribution < 1.29 is 9.31 Å². The molecule has 1 saturated carbocycles. The van der Waals surface area contributed by atoms with Crippen LogP contribution in [0.4, 0.5) is 10.1 Å². The van der Waals surface area contributed by atoms with E-state index in [0.717, 1.165) is 18.5 Å². The molecule has 0 atom stereocenters. The molecule has 0 radical (unpaired) electrons. The first kappa shape index (κ1) is 12.0. The summed E-state index contributed by atoms with van der Waals surface area (Å²) in [7, 11) is 0. The molecule has 2 rings (SSSR count). The molecule has 0 aliphatic heterocycles. The molecule has 1 aliphatic rings. The van der Waals surface area contributed by atoms with Crippen molar-refractivity contribution >= 4 is 5.69 Å². The lowest BCUT2D eigenvalue weighted by atomic mass is 9.85.